The molecule has 1 aliphatic carbocycles. The van der Waals surface area contributed by atoms with E-state index in [9.17, 15) is 13.9 Å². The van der Waals surface area contributed by atoms with Crippen molar-refractivity contribution >= 4 is 0 Å². The van der Waals surface area contributed by atoms with E-state index >= 15 is 0 Å². The summed E-state index contributed by atoms with van der Waals surface area (Å²) in [5.74, 6) is 0.327. The van der Waals surface area contributed by atoms with Crippen molar-refractivity contribution < 1.29 is 13.9 Å². The summed E-state index contributed by atoms with van der Waals surface area (Å²) in [7, 11) is 0. The maximum atomic E-state index is 13.0. The molecule has 3 rings (SSSR count). The zero-order chi connectivity index (χ0) is 15.5. The average Bonchev–Trinajstić information content (AvgIpc) is 3.13. The molecule has 118 valence electrons. The van der Waals surface area contributed by atoms with Crippen LogP contribution in [0, 0.1) is 0 Å². The Hall–Kier alpha value is -1.79. The number of imidazole rings is 1. The molecule has 1 unspecified atom stereocenters. The first kappa shape index (κ1) is 15.1. The Bertz CT molecular complexity index is 629. The first-order valence-corrected chi connectivity index (χ1v) is 7.43. The highest BCUT2D eigenvalue weighted by molar-refractivity contribution is 5.34. The van der Waals surface area contributed by atoms with E-state index in [0.717, 1.165) is 17.4 Å². The molecule has 1 aromatic carbocycles. The Morgan fingerprint density at radius 1 is 1.36 bits per heavy atom. The maximum Gasteiger partial charge on any atom is 0.319 e. The highest BCUT2D eigenvalue weighted by Crippen LogP contribution is 2.36. The van der Waals surface area contributed by atoms with E-state index in [-0.39, 0.29) is 12.6 Å². The van der Waals surface area contributed by atoms with Gasteiger partial charge in [0, 0.05) is 25.0 Å². The smallest absolute Gasteiger partial charge is 0.319 e. The van der Waals surface area contributed by atoms with Gasteiger partial charge in [0.1, 0.15) is 5.82 Å². The minimum absolute atomic E-state index is 0.00590. The lowest BCUT2D eigenvalue weighted by Crippen LogP contribution is -2.31. The quantitative estimate of drug-likeness (QED) is 0.892. The summed E-state index contributed by atoms with van der Waals surface area (Å²) in [6.45, 7) is -1.86. The van der Waals surface area contributed by atoms with Crippen LogP contribution in [0.4, 0.5) is 8.78 Å². The van der Waals surface area contributed by atoms with Crippen LogP contribution in [0.3, 0.4) is 0 Å². The Balaban J connectivity index is 1.83. The summed E-state index contributed by atoms with van der Waals surface area (Å²) >= 11 is 0. The normalized spacial score (nSPS) is 17.4. The van der Waals surface area contributed by atoms with Gasteiger partial charge in [-0.05, 0) is 24.0 Å². The third kappa shape index (κ3) is 2.89. The number of aryl methyl sites for hydroxylation is 1. The van der Waals surface area contributed by atoms with Crippen molar-refractivity contribution in [1.29, 1.82) is 0 Å². The number of hydrogen-bond acceptors (Lipinski definition) is 3. The summed E-state index contributed by atoms with van der Waals surface area (Å²) in [6.07, 6.45) is 4.60. The van der Waals surface area contributed by atoms with Gasteiger partial charge in [0.15, 0.2) is 0 Å². The van der Waals surface area contributed by atoms with Crippen LogP contribution in [-0.2, 0) is 13.0 Å². The minimum atomic E-state index is -2.59. The first-order valence-electron chi connectivity index (χ1n) is 7.43. The molecule has 1 heterocycles. The van der Waals surface area contributed by atoms with Gasteiger partial charge in [-0.3, -0.25) is 9.47 Å². The molecule has 0 saturated carbocycles. The third-order valence-electron chi connectivity index (χ3n) is 4.23. The Kier molecular flexibility index (Phi) is 4.49. The molecule has 4 nitrogen and oxygen atoms in total. The molecule has 0 fully saturated rings. The number of halogens is 2. The van der Waals surface area contributed by atoms with Crippen molar-refractivity contribution in [2.45, 2.75) is 32.0 Å². The van der Waals surface area contributed by atoms with Gasteiger partial charge in [0.25, 0.3) is 0 Å². The Morgan fingerprint density at radius 2 is 2.18 bits per heavy atom. The maximum absolute atomic E-state index is 13.0. The van der Waals surface area contributed by atoms with Crippen LogP contribution in [0.2, 0.25) is 0 Å². The lowest BCUT2D eigenvalue weighted by atomic mass is 10.1. The van der Waals surface area contributed by atoms with Crippen LogP contribution in [0.1, 0.15) is 36.0 Å². The second-order valence-corrected chi connectivity index (χ2v) is 5.48. The summed E-state index contributed by atoms with van der Waals surface area (Å²) < 4.78 is 26.8. The van der Waals surface area contributed by atoms with Crippen molar-refractivity contribution in [2.24, 2.45) is 0 Å². The van der Waals surface area contributed by atoms with E-state index < -0.39 is 6.55 Å². The van der Waals surface area contributed by atoms with Gasteiger partial charge in [0.05, 0.1) is 13.2 Å². The number of alkyl halides is 2. The van der Waals surface area contributed by atoms with E-state index in [4.69, 9.17) is 0 Å². The predicted octanol–water partition coefficient (Wildman–Crippen LogP) is 2.76. The van der Waals surface area contributed by atoms with E-state index in [1.165, 1.54) is 23.5 Å². The standard InChI is InChI=1S/C16H19F2N3O/c17-16(18)21-8-7-19-15(21)11-20(9-10-22)14-6-5-12-3-1-2-4-13(12)14/h1-4,7-8,14,16,22H,5-6,9-11H2. The first-order chi connectivity index (χ1) is 10.7. The number of aliphatic hydroxyl groups is 1. The van der Waals surface area contributed by atoms with Gasteiger partial charge in [-0.2, -0.15) is 8.78 Å². The number of fused-ring (bicyclic) bond motifs is 1. The molecule has 22 heavy (non-hydrogen) atoms. The molecule has 1 N–H and O–H groups in total. The molecule has 1 aliphatic rings. The fourth-order valence-electron chi connectivity index (χ4n) is 3.21. The van der Waals surface area contributed by atoms with Gasteiger partial charge in [-0.15, -0.1) is 0 Å². The Morgan fingerprint density at radius 3 is 2.95 bits per heavy atom. The third-order valence-corrected chi connectivity index (χ3v) is 4.23. The van der Waals surface area contributed by atoms with Crippen LogP contribution >= 0.6 is 0 Å². The molecule has 0 spiro atoms. The average molecular weight is 307 g/mol. The second kappa shape index (κ2) is 6.54. The van der Waals surface area contributed by atoms with Gasteiger partial charge >= 0.3 is 6.55 Å². The van der Waals surface area contributed by atoms with Gasteiger partial charge in [0.2, 0.25) is 0 Å². The number of aromatic nitrogens is 2. The molecule has 0 aliphatic heterocycles. The summed E-state index contributed by atoms with van der Waals surface area (Å²) in [5, 5.41) is 9.34. The molecule has 6 heteroatoms. The summed E-state index contributed by atoms with van der Waals surface area (Å²) in [6, 6.07) is 8.34. The van der Waals surface area contributed by atoms with Crippen LogP contribution in [0.25, 0.3) is 0 Å². The molecular formula is C16H19F2N3O. The van der Waals surface area contributed by atoms with Crippen molar-refractivity contribution in [1.82, 2.24) is 14.5 Å². The monoisotopic (exact) mass is 307 g/mol. The zero-order valence-electron chi connectivity index (χ0n) is 12.2. The van der Waals surface area contributed by atoms with E-state index in [1.807, 2.05) is 17.0 Å². The highest BCUT2D eigenvalue weighted by Gasteiger charge is 2.28. The number of aliphatic hydroxyl groups excluding tert-OH is 1. The molecule has 0 saturated heterocycles. The van der Waals surface area contributed by atoms with E-state index in [2.05, 4.69) is 17.1 Å². The topological polar surface area (TPSA) is 41.3 Å². The van der Waals surface area contributed by atoms with Crippen LogP contribution < -0.4 is 0 Å². The number of hydrogen-bond donors (Lipinski definition) is 1. The molecule has 2 aromatic rings. The predicted molar refractivity (Wildman–Crippen MR) is 78.5 cm³/mol. The van der Waals surface area contributed by atoms with Gasteiger partial charge in [-0.25, -0.2) is 4.98 Å². The van der Waals surface area contributed by atoms with Crippen molar-refractivity contribution in [2.75, 3.05) is 13.2 Å². The van der Waals surface area contributed by atoms with Crippen molar-refractivity contribution in [3.05, 3.63) is 53.6 Å². The lowest BCUT2D eigenvalue weighted by Gasteiger charge is -2.28. The molecule has 0 amide bonds. The van der Waals surface area contributed by atoms with Gasteiger partial charge in [-0.1, -0.05) is 24.3 Å². The molecule has 1 atom stereocenters. The SMILES string of the molecule is OCCN(Cc1nccn1C(F)F)C1CCc2ccccc21. The molecular weight excluding hydrogens is 288 g/mol. The highest BCUT2D eigenvalue weighted by atomic mass is 19.3. The Labute approximate surface area is 128 Å². The molecule has 0 radical (unpaired) electrons. The summed E-state index contributed by atoms with van der Waals surface area (Å²) in [4.78, 5) is 6.08. The molecule has 1 aromatic heterocycles. The number of rotatable bonds is 6. The lowest BCUT2D eigenvalue weighted by molar-refractivity contribution is 0.0605. The number of nitrogens with zero attached hydrogens (tertiary/aromatic N) is 3. The second-order valence-electron chi connectivity index (χ2n) is 5.48. The van der Waals surface area contributed by atoms with Crippen molar-refractivity contribution in [3.63, 3.8) is 0 Å². The minimum Gasteiger partial charge on any atom is -0.395 e. The molecule has 0 bridgehead atoms. The fourth-order valence-corrected chi connectivity index (χ4v) is 3.21. The zero-order valence-corrected chi connectivity index (χ0v) is 12.2. The van der Waals surface area contributed by atoms with Crippen LogP contribution in [0.15, 0.2) is 36.7 Å². The van der Waals surface area contributed by atoms with E-state index in [1.54, 1.807) is 0 Å². The van der Waals surface area contributed by atoms with E-state index in [0.29, 0.717) is 18.9 Å². The van der Waals surface area contributed by atoms with Gasteiger partial charge < -0.3 is 5.11 Å². The van der Waals surface area contributed by atoms with Crippen LogP contribution in [0.5, 0.6) is 0 Å². The van der Waals surface area contributed by atoms with Crippen molar-refractivity contribution in [3.8, 4) is 0 Å². The number of benzene rings is 1. The fraction of sp³-hybridized carbons (Fsp3) is 0.438. The largest absolute Gasteiger partial charge is 0.395 e. The van der Waals surface area contributed by atoms with Crippen LogP contribution in [-0.4, -0.2) is 32.7 Å². The summed E-state index contributed by atoms with van der Waals surface area (Å²) in [5.41, 5.74) is 2.53.